The molecule has 0 saturated heterocycles. The third-order valence-corrected chi connectivity index (χ3v) is 2.01. The number of carbonyl (C=O) groups excluding carboxylic acids is 2. The van der Waals surface area contributed by atoms with Gasteiger partial charge in [0.25, 0.3) is 0 Å². The van der Waals surface area contributed by atoms with Crippen molar-refractivity contribution in [1.29, 1.82) is 0 Å². The molecule has 0 rings (SSSR count). The van der Waals surface area contributed by atoms with Crippen LogP contribution in [0.3, 0.4) is 0 Å². The fourth-order valence-electron chi connectivity index (χ4n) is 0.871. The molecule has 0 aliphatic carbocycles. The average molecular weight is 171 g/mol. The molecule has 0 spiro atoms. The van der Waals surface area contributed by atoms with Gasteiger partial charge in [0.2, 0.25) is 5.91 Å². The number of hydrogen-bond donors (Lipinski definition) is 0. The second kappa shape index (κ2) is 4.24. The van der Waals surface area contributed by atoms with Gasteiger partial charge in [-0.25, -0.2) is 0 Å². The predicted octanol–water partition coefficient (Wildman–Crippen LogP) is 1.08. The summed E-state index contributed by atoms with van der Waals surface area (Å²) in [6, 6.07) is -0.306. The smallest absolute Gasteiger partial charge is 0.225 e. The lowest BCUT2D eigenvalue weighted by atomic mass is 10.1. The highest BCUT2D eigenvalue weighted by atomic mass is 16.2. The number of nitrogens with zero attached hydrogens (tertiary/aromatic N) is 1. The van der Waals surface area contributed by atoms with E-state index in [0.717, 1.165) is 0 Å². The van der Waals surface area contributed by atoms with E-state index in [1.165, 1.54) is 11.8 Å². The highest BCUT2D eigenvalue weighted by molar-refractivity contribution is 5.87. The summed E-state index contributed by atoms with van der Waals surface area (Å²) in [6.45, 7) is 6.88. The topological polar surface area (TPSA) is 37.4 Å². The minimum Gasteiger partial charge on any atom is -0.336 e. The van der Waals surface area contributed by atoms with Crippen LogP contribution >= 0.6 is 0 Å². The zero-order valence-corrected chi connectivity index (χ0v) is 8.42. The molecule has 1 amide bonds. The number of hydrogen-bond acceptors (Lipinski definition) is 2. The molecule has 0 aliphatic heterocycles. The lowest BCUT2D eigenvalue weighted by Gasteiger charge is -2.24. The Morgan fingerprint density at radius 3 is 1.83 bits per heavy atom. The van der Waals surface area contributed by atoms with Crippen molar-refractivity contribution in [2.24, 2.45) is 5.92 Å². The Kier molecular flexibility index (Phi) is 3.93. The monoisotopic (exact) mass is 171 g/mol. The Morgan fingerprint density at radius 2 is 1.58 bits per heavy atom. The first-order valence-corrected chi connectivity index (χ1v) is 4.15. The minimum atomic E-state index is -0.306. The Hall–Kier alpha value is -0.860. The van der Waals surface area contributed by atoms with Crippen molar-refractivity contribution < 1.29 is 9.59 Å². The van der Waals surface area contributed by atoms with E-state index >= 15 is 0 Å². The predicted molar refractivity (Wildman–Crippen MR) is 47.8 cm³/mol. The first-order chi connectivity index (χ1) is 5.37. The molecular formula is C9H17NO2. The zero-order chi connectivity index (χ0) is 9.89. The van der Waals surface area contributed by atoms with E-state index in [0.29, 0.717) is 0 Å². The van der Waals surface area contributed by atoms with Crippen LogP contribution in [0, 0.1) is 5.92 Å². The molecule has 0 N–H and O–H groups in total. The largest absolute Gasteiger partial charge is 0.336 e. The fraction of sp³-hybridized carbons (Fsp3) is 0.778. The second-order valence-corrected chi connectivity index (χ2v) is 3.39. The molecule has 0 heterocycles. The molecule has 0 aromatic rings. The zero-order valence-electron chi connectivity index (χ0n) is 8.42. The molecule has 0 fully saturated rings. The lowest BCUT2D eigenvalue weighted by molar-refractivity contribution is -0.139. The summed E-state index contributed by atoms with van der Waals surface area (Å²) in [5.41, 5.74) is 0. The van der Waals surface area contributed by atoms with Gasteiger partial charge in [-0.05, 0) is 13.8 Å². The van der Waals surface area contributed by atoms with Crippen LogP contribution in [0.4, 0.5) is 0 Å². The molecule has 0 bridgehead atoms. The van der Waals surface area contributed by atoms with E-state index in [1.807, 2.05) is 13.8 Å². The van der Waals surface area contributed by atoms with E-state index in [2.05, 4.69) is 0 Å². The standard InChI is InChI=1S/C9H17NO2/c1-6(2)9(12)10(5)7(3)8(4)11/h6-7H,1-5H3/t7-/m0/s1. The highest BCUT2D eigenvalue weighted by Crippen LogP contribution is 2.04. The van der Waals surface area contributed by atoms with E-state index in [4.69, 9.17) is 0 Å². The van der Waals surface area contributed by atoms with Gasteiger partial charge >= 0.3 is 0 Å². The molecule has 0 aliphatic rings. The molecule has 70 valence electrons. The molecule has 12 heavy (non-hydrogen) atoms. The molecule has 1 atom stereocenters. The Morgan fingerprint density at radius 1 is 1.17 bits per heavy atom. The van der Waals surface area contributed by atoms with Crippen molar-refractivity contribution in [2.45, 2.75) is 33.7 Å². The first-order valence-electron chi connectivity index (χ1n) is 4.15. The van der Waals surface area contributed by atoms with E-state index in [9.17, 15) is 9.59 Å². The quantitative estimate of drug-likeness (QED) is 0.637. The lowest BCUT2D eigenvalue weighted by Crippen LogP contribution is -2.41. The molecule has 0 aromatic carbocycles. The van der Waals surface area contributed by atoms with Crippen LogP contribution in [0.2, 0.25) is 0 Å². The number of likely N-dealkylation sites (N-methyl/N-ethyl adjacent to an activating group) is 1. The molecule has 0 aromatic heterocycles. The summed E-state index contributed by atoms with van der Waals surface area (Å²) in [7, 11) is 1.66. The van der Waals surface area contributed by atoms with Gasteiger partial charge in [0.05, 0.1) is 6.04 Å². The summed E-state index contributed by atoms with van der Waals surface area (Å²) >= 11 is 0. The van der Waals surface area contributed by atoms with Crippen LogP contribution in [0.25, 0.3) is 0 Å². The number of rotatable bonds is 3. The van der Waals surface area contributed by atoms with Crippen molar-refractivity contribution in [3.05, 3.63) is 0 Å². The summed E-state index contributed by atoms with van der Waals surface area (Å²) in [5, 5.41) is 0. The average Bonchev–Trinajstić information content (AvgIpc) is 2.00. The van der Waals surface area contributed by atoms with Crippen LogP contribution in [0.1, 0.15) is 27.7 Å². The van der Waals surface area contributed by atoms with Gasteiger partial charge in [-0.1, -0.05) is 13.8 Å². The van der Waals surface area contributed by atoms with Crippen LogP contribution in [-0.2, 0) is 9.59 Å². The molecule has 3 nitrogen and oxygen atoms in total. The Bertz CT molecular complexity index is 187. The first kappa shape index (κ1) is 11.1. The van der Waals surface area contributed by atoms with Crippen LogP contribution < -0.4 is 0 Å². The van der Waals surface area contributed by atoms with Gasteiger partial charge in [-0.2, -0.15) is 0 Å². The van der Waals surface area contributed by atoms with Crippen LogP contribution in [0.5, 0.6) is 0 Å². The van der Waals surface area contributed by atoms with Crippen LogP contribution in [0.15, 0.2) is 0 Å². The molecule has 3 heteroatoms. The normalized spacial score (nSPS) is 12.8. The van der Waals surface area contributed by atoms with E-state index < -0.39 is 0 Å². The van der Waals surface area contributed by atoms with Crippen molar-refractivity contribution in [3.63, 3.8) is 0 Å². The summed E-state index contributed by atoms with van der Waals surface area (Å²) in [5.74, 6) is -0.0130. The summed E-state index contributed by atoms with van der Waals surface area (Å²) in [6.07, 6.45) is 0. The van der Waals surface area contributed by atoms with E-state index in [-0.39, 0.29) is 23.7 Å². The van der Waals surface area contributed by atoms with Crippen molar-refractivity contribution in [3.8, 4) is 0 Å². The van der Waals surface area contributed by atoms with Crippen LogP contribution in [-0.4, -0.2) is 29.7 Å². The number of carbonyl (C=O) groups is 2. The minimum absolute atomic E-state index is 0.0118. The molecule has 0 unspecified atom stereocenters. The third kappa shape index (κ3) is 2.64. The number of Topliss-reactive ketones (excluding diaryl/α,β-unsaturated/α-hetero) is 1. The van der Waals surface area contributed by atoms with Gasteiger partial charge in [0, 0.05) is 13.0 Å². The SMILES string of the molecule is CC(=O)[C@H](C)N(C)C(=O)C(C)C. The van der Waals surface area contributed by atoms with Crippen molar-refractivity contribution in [1.82, 2.24) is 4.90 Å². The van der Waals surface area contributed by atoms with Gasteiger partial charge in [-0.15, -0.1) is 0 Å². The summed E-state index contributed by atoms with van der Waals surface area (Å²) < 4.78 is 0. The van der Waals surface area contributed by atoms with Crippen molar-refractivity contribution >= 4 is 11.7 Å². The second-order valence-electron chi connectivity index (χ2n) is 3.39. The van der Waals surface area contributed by atoms with Gasteiger partial charge in [-0.3, -0.25) is 9.59 Å². The number of ketones is 1. The van der Waals surface area contributed by atoms with E-state index in [1.54, 1.807) is 14.0 Å². The maximum absolute atomic E-state index is 11.4. The molecule has 0 radical (unpaired) electrons. The van der Waals surface area contributed by atoms with Gasteiger partial charge in [0.15, 0.2) is 5.78 Å². The molecule has 0 saturated carbocycles. The van der Waals surface area contributed by atoms with Gasteiger partial charge < -0.3 is 4.90 Å². The van der Waals surface area contributed by atoms with Crippen molar-refractivity contribution in [2.75, 3.05) is 7.05 Å². The third-order valence-electron chi connectivity index (χ3n) is 2.01. The molecular weight excluding hydrogens is 154 g/mol. The maximum atomic E-state index is 11.4. The summed E-state index contributed by atoms with van der Waals surface area (Å²) in [4.78, 5) is 23.8. The number of amides is 1. The Labute approximate surface area is 73.7 Å². The highest BCUT2D eigenvalue weighted by Gasteiger charge is 2.20. The fourth-order valence-corrected chi connectivity index (χ4v) is 0.871. The Balaban J connectivity index is 4.29. The maximum Gasteiger partial charge on any atom is 0.225 e. The van der Waals surface area contributed by atoms with Gasteiger partial charge in [0.1, 0.15) is 0 Å².